The lowest BCUT2D eigenvalue weighted by Crippen LogP contribution is -2.42. The predicted molar refractivity (Wildman–Crippen MR) is 109 cm³/mol. The Morgan fingerprint density at radius 3 is 2.68 bits per heavy atom. The van der Waals surface area contributed by atoms with Crippen molar-refractivity contribution in [3.05, 3.63) is 15.6 Å². The molecule has 1 aromatic heterocycles. The third-order valence-corrected chi connectivity index (χ3v) is 6.02. The summed E-state index contributed by atoms with van der Waals surface area (Å²) in [5.74, 6) is 1.10. The van der Waals surface area contributed by atoms with E-state index in [0.717, 1.165) is 49.1 Å². The van der Waals surface area contributed by atoms with Crippen molar-refractivity contribution in [1.29, 1.82) is 0 Å². The highest BCUT2D eigenvalue weighted by Crippen LogP contribution is 2.22. The predicted octanol–water partition coefficient (Wildman–Crippen LogP) is 3.47. The summed E-state index contributed by atoms with van der Waals surface area (Å²) >= 11 is 1.71. The monoisotopic (exact) mass is 419 g/mol. The van der Waals surface area contributed by atoms with Gasteiger partial charge in [-0.25, -0.2) is 4.98 Å². The first-order chi connectivity index (χ1) is 13.2. The number of halogens is 3. The number of nitrogens with one attached hydrogen (secondary N) is 1. The van der Waals surface area contributed by atoms with Crippen LogP contribution in [0.2, 0.25) is 0 Å². The number of aromatic nitrogens is 1. The second-order valence-electron chi connectivity index (χ2n) is 7.27. The van der Waals surface area contributed by atoms with Crippen LogP contribution in [0.5, 0.6) is 0 Å². The number of rotatable bonds is 8. The number of nitrogens with zero attached hydrogens (tertiary/aromatic N) is 4. The lowest BCUT2D eigenvalue weighted by atomic mass is 10.1. The minimum atomic E-state index is -4.14. The molecule has 1 aromatic rings. The second-order valence-corrected chi connectivity index (χ2v) is 8.56. The summed E-state index contributed by atoms with van der Waals surface area (Å²) in [6.07, 6.45) is -2.39. The molecule has 28 heavy (non-hydrogen) atoms. The Hall–Kier alpha value is -1.35. The fourth-order valence-corrected chi connectivity index (χ4v) is 4.52. The van der Waals surface area contributed by atoms with E-state index in [0.29, 0.717) is 19.6 Å². The minimum absolute atomic E-state index is 0.234. The number of hydrogen-bond acceptors (Lipinski definition) is 4. The Labute approximate surface area is 170 Å². The van der Waals surface area contributed by atoms with Crippen molar-refractivity contribution in [2.24, 2.45) is 10.9 Å². The Balaban J connectivity index is 1.90. The SMILES string of the molecule is CCNC(=NCCc1sc(C)nc1C)N1CCC(CN(CC)CC(F)(F)F)C1. The molecule has 1 fully saturated rings. The molecule has 0 saturated carbocycles. The molecule has 1 saturated heterocycles. The van der Waals surface area contributed by atoms with Gasteiger partial charge in [-0.15, -0.1) is 11.3 Å². The Morgan fingerprint density at radius 2 is 2.11 bits per heavy atom. The van der Waals surface area contributed by atoms with Gasteiger partial charge >= 0.3 is 6.18 Å². The maximum absolute atomic E-state index is 12.7. The highest BCUT2D eigenvalue weighted by molar-refractivity contribution is 7.11. The van der Waals surface area contributed by atoms with Crippen LogP contribution in [0, 0.1) is 19.8 Å². The molecule has 5 nitrogen and oxygen atoms in total. The number of aryl methyl sites for hydroxylation is 2. The van der Waals surface area contributed by atoms with Gasteiger partial charge in [-0.3, -0.25) is 9.89 Å². The summed E-state index contributed by atoms with van der Waals surface area (Å²) in [7, 11) is 0. The molecular weight excluding hydrogens is 387 g/mol. The summed E-state index contributed by atoms with van der Waals surface area (Å²) in [6, 6.07) is 0. The highest BCUT2D eigenvalue weighted by atomic mass is 32.1. The largest absolute Gasteiger partial charge is 0.401 e. The molecule has 1 N–H and O–H groups in total. The van der Waals surface area contributed by atoms with Gasteiger partial charge in [-0.2, -0.15) is 13.2 Å². The summed E-state index contributed by atoms with van der Waals surface area (Å²) in [4.78, 5) is 14.1. The van der Waals surface area contributed by atoms with E-state index in [1.54, 1.807) is 18.3 Å². The van der Waals surface area contributed by atoms with Crippen molar-refractivity contribution >= 4 is 17.3 Å². The van der Waals surface area contributed by atoms with Gasteiger partial charge in [0.1, 0.15) is 0 Å². The average molecular weight is 420 g/mol. The van der Waals surface area contributed by atoms with E-state index in [4.69, 9.17) is 4.99 Å². The van der Waals surface area contributed by atoms with E-state index in [1.165, 1.54) is 9.78 Å². The first-order valence-electron chi connectivity index (χ1n) is 9.97. The van der Waals surface area contributed by atoms with Gasteiger partial charge in [-0.1, -0.05) is 6.92 Å². The van der Waals surface area contributed by atoms with E-state index in [2.05, 4.69) is 15.2 Å². The van der Waals surface area contributed by atoms with Crippen molar-refractivity contribution in [2.45, 2.75) is 46.7 Å². The van der Waals surface area contributed by atoms with Crippen LogP contribution in [0.25, 0.3) is 0 Å². The first kappa shape index (κ1) is 22.9. The number of thiazole rings is 1. The molecule has 0 aliphatic carbocycles. The third-order valence-electron chi connectivity index (χ3n) is 4.89. The lowest BCUT2D eigenvalue weighted by molar-refractivity contribution is -0.146. The van der Waals surface area contributed by atoms with Crippen molar-refractivity contribution < 1.29 is 13.2 Å². The van der Waals surface area contributed by atoms with Crippen molar-refractivity contribution in [3.63, 3.8) is 0 Å². The van der Waals surface area contributed by atoms with Crippen molar-refractivity contribution in [3.8, 4) is 0 Å². The Bertz CT molecular complexity index is 644. The third kappa shape index (κ3) is 7.24. The molecule has 9 heteroatoms. The summed E-state index contributed by atoms with van der Waals surface area (Å²) in [6.45, 7) is 10.9. The first-order valence-corrected chi connectivity index (χ1v) is 10.8. The van der Waals surface area contributed by atoms with Gasteiger partial charge in [-0.05, 0) is 39.7 Å². The quantitative estimate of drug-likeness (QED) is 0.518. The molecule has 0 spiro atoms. The van der Waals surface area contributed by atoms with Gasteiger partial charge in [0.25, 0.3) is 0 Å². The van der Waals surface area contributed by atoms with Gasteiger partial charge in [0, 0.05) is 44.0 Å². The molecule has 1 aliphatic heterocycles. The van der Waals surface area contributed by atoms with Crippen molar-refractivity contribution in [2.75, 3.05) is 45.8 Å². The summed E-state index contributed by atoms with van der Waals surface area (Å²) < 4.78 is 38.1. The van der Waals surface area contributed by atoms with Crippen LogP contribution < -0.4 is 5.32 Å². The van der Waals surface area contributed by atoms with Crippen LogP contribution in [0.3, 0.4) is 0 Å². The standard InChI is InChI=1S/C19H32F3N5S/c1-5-23-18(24-9-7-17-14(3)25-15(4)28-17)27-10-8-16(12-27)11-26(6-2)13-19(20,21)22/h16H,5-13H2,1-4H3,(H,23,24). The fraction of sp³-hybridized carbons (Fsp3) is 0.789. The molecule has 1 aliphatic rings. The maximum Gasteiger partial charge on any atom is 0.401 e. The molecular formula is C19H32F3N5S. The molecule has 0 aromatic carbocycles. The number of guanidine groups is 1. The van der Waals surface area contributed by atoms with Gasteiger partial charge in [0.2, 0.25) is 0 Å². The molecule has 2 heterocycles. The van der Waals surface area contributed by atoms with Crippen molar-refractivity contribution in [1.82, 2.24) is 20.1 Å². The zero-order valence-electron chi connectivity index (χ0n) is 17.3. The second kappa shape index (κ2) is 10.4. The molecule has 2 rings (SSSR count). The number of aliphatic imine (C=N–C) groups is 1. The van der Waals surface area contributed by atoms with E-state index in [1.807, 2.05) is 20.8 Å². The van der Waals surface area contributed by atoms with Crippen LogP contribution >= 0.6 is 11.3 Å². The van der Waals surface area contributed by atoms with E-state index >= 15 is 0 Å². The maximum atomic E-state index is 12.7. The molecule has 0 amide bonds. The highest BCUT2D eigenvalue weighted by Gasteiger charge is 2.33. The molecule has 0 radical (unpaired) electrons. The summed E-state index contributed by atoms with van der Waals surface area (Å²) in [5, 5.41) is 4.40. The Kier molecular flexibility index (Phi) is 8.55. The molecule has 1 unspecified atom stereocenters. The van der Waals surface area contributed by atoms with Gasteiger partial charge < -0.3 is 10.2 Å². The molecule has 1 atom stereocenters. The van der Waals surface area contributed by atoms with Crippen LogP contribution in [0.1, 0.15) is 35.8 Å². The zero-order valence-corrected chi connectivity index (χ0v) is 18.1. The minimum Gasteiger partial charge on any atom is -0.357 e. The lowest BCUT2D eigenvalue weighted by Gasteiger charge is -2.26. The average Bonchev–Trinajstić information content (AvgIpc) is 3.18. The number of likely N-dealkylation sites (tertiary alicyclic amines) is 1. The normalized spacial score (nSPS) is 18.4. The van der Waals surface area contributed by atoms with E-state index in [9.17, 15) is 13.2 Å². The van der Waals surface area contributed by atoms with Crippen LogP contribution in [-0.4, -0.2) is 72.7 Å². The summed E-state index contributed by atoms with van der Waals surface area (Å²) in [5.41, 5.74) is 1.08. The fourth-order valence-electron chi connectivity index (χ4n) is 3.59. The van der Waals surface area contributed by atoms with Crippen LogP contribution in [-0.2, 0) is 6.42 Å². The smallest absolute Gasteiger partial charge is 0.357 e. The van der Waals surface area contributed by atoms with Gasteiger partial charge in [0.05, 0.1) is 17.2 Å². The number of hydrogen-bond donors (Lipinski definition) is 1. The van der Waals surface area contributed by atoms with Gasteiger partial charge in [0.15, 0.2) is 5.96 Å². The molecule has 0 bridgehead atoms. The van der Waals surface area contributed by atoms with Crippen LogP contribution in [0.15, 0.2) is 4.99 Å². The van der Waals surface area contributed by atoms with Crippen LogP contribution in [0.4, 0.5) is 13.2 Å². The number of alkyl halides is 3. The van der Waals surface area contributed by atoms with E-state index in [-0.39, 0.29) is 5.92 Å². The van der Waals surface area contributed by atoms with E-state index < -0.39 is 12.7 Å². The Morgan fingerprint density at radius 1 is 1.36 bits per heavy atom. The molecule has 160 valence electrons. The topological polar surface area (TPSA) is 43.8 Å². The zero-order chi connectivity index (χ0) is 20.7.